The van der Waals surface area contributed by atoms with E-state index in [1.807, 2.05) is 19.1 Å². The van der Waals surface area contributed by atoms with Crippen molar-refractivity contribution in [2.75, 3.05) is 0 Å². The number of aryl methyl sites for hydroxylation is 1. The van der Waals surface area contributed by atoms with Gasteiger partial charge in [0, 0.05) is 10.6 Å². The Labute approximate surface area is 84.5 Å². The highest BCUT2D eigenvalue weighted by molar-refractivity contribution is 6.30. The molecule has 1 aromatic carbocycles. The van der Waals surface area contributed by atoms with Crippen LogP contribution in [0.5, 0.6) is 0 Å². The van der Waals surface area contributed by atoms with Crippen molar-refractivity contribution < 1.29 is 4.52 Å². The van der Waals surface area contributed by atoms with Crippen LogP contribution in [0, 0.1) is 6.92 Å². The highest BCUT2D eigenvalue weighted by atomic mass is 35.5. The van der Waals surface area contributed by atoms with Gasteiger partial charge in [0.25, 0.3) is 0 Å². The molecule has 14 heavy (non-hydrogen) atoms. The van der Waals surface area contributed by atoms with Crippen molar-refractivity contribution in [1.29, 1.82) is 0 Å². The van der Waals surface area contributed by atoms with Crippen LogP contribution < -0.4 is 5.76 Å². The third kappa shape index (κ3) is 1.70. The lowest BCUT2D eigenvalue weighted by atomic mass is 10.1. The van der Waals surface area contributed by atoms with E-state index in [1.54, 1.807) is 6.07 Å². The lowest BCUT2D eigenvalue weighted by Crippen LogP contribution is -1.94. The normalized spacial score (nSPS) is 10.4. The van der Waals surface area contributed by atoms with Crippen LogP contribution in [0.3, 0.4) is 0 Å². The average molecular weight is 211 g/mol. The maximum Gasteiger partial charge on any atom is 0.439 e. The second-order valence-corrected chi connectivity index (χ2v) is 3.40. The van der Waals surface area contributed by atoms with Gasteiger partial charge in [-0.25, -0.2) is 4.79 Å². The van der Waals surface area contributed by atoms with Crippen LogP contribution in [0.2, 0.25) is 5.02 Å². The molecule has 5 heteroatoms. The average Bonchev–Trinajstić information content (AvgIpc) is 2.50. The molecule has 0 saturated carbocycles. The minimum atomic E-state index is -0.572. The van der Waals surface area contributed by atoms with Crippen molar-refractivity contribution in [2.45, 2.75) is 6.92 Å². The Morgan fingerprint density at radius 2 is 2.21 bits per heavy atom. The number of aromatic amines is 1. The predicted molar refractivity (Wildman–Crippen MR) is 52.3 cm³/mol. The van der Waals surface area contributed by atoms with Crippen molar-refractivity contribution in [1.82, 2.24) is 10.1 Å². The topological polar surface area (TPSA) is 58.9 Å². The van der Waals surface area contributed by atoms with Gasteiger partial charge in [-0.05, 0) is 30.7 Å². The molecule has 0 fully saturated rings. The Kier molecular flexibility index (Phi) is 2.13. The van der Waals surface area contributed by atoms with E-state index in [2.05, 4.69) is 14.7 Å². The smallest absolute Gasteiger partial charge is 0.296 e. The van der Waals surface area contributed by atoms with Crippen molar-refractivity contribution in [3.8, 4) is 11.4 Å². The first kappa shape index (κ1) is 9.02. The molecule has 1 aromatic heterocycles. The first-order chi connectivity index (χ1) is 6.65. The van der Waals surface area contributed by atoms with Gasteiger partial charge in [-0.1, -0.05) is 16.8 Å². The summed E-state index contributed by atoms with van der Waals surface area (Å²) in [6.45, 7) is 1.91. The molecule has 0 amide bonds. The van der Waals surface area contributed by atoms with E-state index in [0.717, 1.165) is 11.1 Å². The van der Waals surface area contributed by atoms with Gasteiger partial charge >= 0.3 is 5.76 Å². The number of hydrogen-bond donors (Lipinski definition) is 1. The molecule has 2 rings (SSSR count). The molecule has 0 spiro atoms. The molecule has 1 N–H and O–H groups in total. The van der Waals surface area contributed by atoms with Gasteiger partial charge in [0.1, 0.15) is 0 Å². The van der Waals surface area contributed by atoms with Gasteiger partial charge in [-0.3, -0.25) is 9.51 Å². The fraction of sp³-hybridized carbons (Fsp3) is 0.111. The van der Waals surface area contributed by atoms with Gasteiger partial charge < -0.3 is 0 Å². The molecule has 1 heterocycles. The summed E-state index contributed by atoms with van der Waals surface area (Å²) in [5, 5.41) is 4.17. The third-order valence-electron chi connectivity index (χ3n) is 1.76. The van der Waals surface area contributed by atoms with Gasteiger partial charge in [-0.2, -0.15) is 0 Å². The van der Waals surface area contributed by atoms with E-state index in [9.17, 15) is 4.79 Å². The molecular formula is C9H7ClN2O2. The zero-order valence-electron chi connectivity index (χ0n) is 7.37. The molecule has 0 radical (unpaired) electrons. The molecule has 0 unspecified atom stereocenters. The van der Waals surface area contributed by atoms with Crippen LogP contribution in [0.1, 0.15) is 5.56 Å². The summed E-state index contributed by atoms with van der Waals surface area (Å²) in [4.78, 5) is 13.2. The van der Waals surface area contributed by atoms with E-state index in [1.165, 1.54) is 0 Å². The molecule has 2 aromatic rings. The molecule has 0 aliphatic rings. The van der Waals surface area contributed by atoms with Crippen LogP contribution in [-0.2, 0) is 0 Å². The Morgan fingerprint density at radius 3 is 2.79 bits per heavy atom. The fourth-order valence-electron chi connectivity index (χ4n) is 1.23. The molecule has 0 aliphatic heterocycles. The van der Waals surface area contributed by atoms with Crippen LogP contribution >= 0.6 is 11.6 Å². The number of halogens is 1. The number of hydrogen-bond acceptors (Lipinski definition) is 3. The summed E-state index contributed by atoms with van der Waals surface area (Å²) in [7, 11) is 0. The Balaban J connectivity index is 2.56. The Bertz CT molecular complexity index is 495. The lowest BCUT2D eigenvalue weighted by molar-refractivity contribution is 0.388. The number of nitrogens with one attached hydrogen (secondary N) is 1. The maximum atomic E-state index is 10.7. The highest BCUT2D eigenvalue weighted by Crippen LogP contribution is 2.20. The Hall–Kier alpha value is -1.55. The quantitative estimate of drug-likeness (QED) is 0.783. The van der Waals surface area contributed by atoms with Crippen molar-refractivity contribution in [3.05, 3.63) is 39.3 Å². The summed E-state index contributed by atoms with van der Waals surface area (Å²) in [5.41, 5.74) is 1.73. The Morgan fingerprint density at radius 1 is 1.43 bits per heavy atom. The van der Waals surface area contributed by atoms with Gasteiger partial charge in [-0.15, -0.1) is 0 Å². The molecule has 0 bridgehead atoms. The maximum absolute atomic E-state index is 10.7. The van der Waals surface area contributed by atoms with Gasteiger partial charge in [0.2, 0.25) is 0 Å². The van der Waals surface area contributed by atoms with E-state index in [-0.39, 0.29) is 0 Å². The highest BCUT2D eigenvalue weighted by Gasteiger charge is 2.05. The number of benzene rings is 1. The summed E-state index contributed by atoms with van der Waals surface area (Å²) in [6, 6.07) is 5.39. The van der Waals surface area contributed by atoms with Crippen LogP contribution in [0.15, 0.2) is 27.5 Å². The minimum absolute atomic E-state index is 0.389. The molecule has 0 aliphatic carbocycles. The largest absolute Gasteiger partial charge is 0.439 e. The van der Waals surface area contributed by atoms with E-state index < -0.39 is 5.76 Å². The SMILES string of the molecule is Cc1cc(Cl)cc(-c2noc(=O)[nH]2)c1. The van der Waals surface area contributed by atoms with Crippen LogP contribution in [-0.4, -0.2) is 10.1 Å². The van der Waals surface area contributed by atoms with Crippen molar-refractivity contribution >= 4 is 11.6 Å². The first-order valence-corrected chi connectivity index (χ1v) is 4.36. The van der Waals surface area contributed by atoms with Gasteiger partial charge in [0.05, 0.1) is 0 Å². The second kappa shape index (κ2) is 3.31. The van der Waals surface area contributed by atoms with E-state index in [0.29, 0.717) is 10.8 Å². The number of aromatic nitrogens is 2. The molecule has 72 valence electrons. The zero-order valence-corrected chi connectivity index (χ0v) is 8.13. The van der Waals surface area contributed by atoms with E-state index in [4.69, 9.17) is 11.6 Å². The fourth-order valence-corrected chi connectivity index (χ4v) is 1.52. The predicted octanol–water partition coefficient (Wildman–Crippen LogP) is 1.99. The third-order valence-corrected chi connectivity index (χ3v) is 1.97. The van der Waals surface area contributed by atoms with Crippen LogP contribution in [0.25, 0.3) is 11.4 Å². The monoisotopic (exact) mass is 210 g/mol. The zero-order chi connectivity index (χ0) is 10.1. The lowest BCUT2D eigenvalue weighted by Gasteiger charge is -1.98. The summed E-state index contributed by atoms with van der Waals surface area (Å²) < 4.78 is 4.39. The molecule has 0 saturated heterocycles. The van der Waals surface area contributed by atoms with E-state index >= 15 is 0 Å². The molecule has 4 nitrogen and oxygen atoms in total. The first-order valence-electron chi connectivity index (χ1n) is 3.99. The van der Waals surface area contributed by atoms with Crippen LogP contribution in [0.4, 0.5) is 0 Å². The summed E-state index contributed by atoms with van der Waals surface area (Å²) in [6.07, 6.45) is 0. The summed E-state index contributed by atoms with van der Waals surface area (Å²) >= 11 is 5.86. The minimum Gasteiger partial charge on any atom is -0.296 e. The standard InChI is InChI=1S/C9H7ClN2O2/c1-5-2-6(4-7(10)3-5)8-11-9(13)14-12-8/h2-4H,1H3,(H,11,12,13). The van der Waals surface area contributed by atoms with Crippen molar-refractivity contribution in [2.24, 2.45) is 0 Å². The second-order valence-electron chi connectivity index (χ2n) is 2.96. The molecule has 0 atom stereocenters. The molecular weight excluding hydrogens is 204 g/mol. The number of nitrogens with zero attached hydrogens (tertiary/aromatic N) is 1. The number of H-pyrrole nitrogens is 1. The summed E-state index contributed by atoms with van der Waals surface area (Å²) in [5.74, 6) is -0.182. The van der Waals surface area contributed by atoms with Gasteiger partial charge in [0.15, 0.2) is 5.82 Å². The number of rotatable bonds is 1. The van der Waals surface area contributed by atoms with Crippen molar-refractivity contribution in [3.63, 3.8) is 0 Å².